The molecule has 1 saturated heterocycles. The van der Waals surface area contributed by atoms with Crippen LogP contribution in [0.5, 0.6) is 5.75 Å². The average Bonchev–Trinajstić information content (AvgIpc) is 3.67. The topological polar surface area (TPSA) is 119 Å². The van der Waals surface area contributed by atoms with E-state index in [1.165, 1.54) is 30.2 Å². The summed E-state index contributed by atoms with van der Waals surface area (Å²) < 4.78 is 5.26. The molecule has 4 aliphatic carbocycles. The fourth-order valence-electron chi connectivity index (χ4n) is 6.54. The summed E-state index contributed by atoms with van der Waals surface area (Å²) in [5.41, 5.74) is 0.861. The van der Waals surface area contributed by atoms with Crippen molar-refractivity contribution in [1.82, 2.24) is 4.90 Å². The zero-order chi connectivity index (χ0) is 25.1. The van der Waals surface area contributed by atoms with Gasteiger partial charge in [0.05, 0.1) is 35.6 Å². The van der Waals surface area contributed by atoms with Gasteiger partial charge in [-0.2, -0.15) is 0 Å². The van der Waals surface area contributed by atoms with Crippen molar-refractivity contribution in [3.8, 4) is 5.75 Å². The zero-order valence-electron chi connectivity index (χ0n) is 19.6. The van der Waals surface area contributed by atoms with Crippen LogP contribution in [0, 0.1) is 45.6 Å². The van der Waals surface area contributed by atoms with Crippen LogP contribution in [0.15, 0.2) is 60.7 Å². The van der Waals surface area contributed by atoms with Crippen LogP contribution in [0.1, 0.15) is 12.0 Å². The molecule has 2 aromatic rings. The molecule has 0 aromatic heterocycles. The molecule has 7 atom stereocenters. The summed E-state index contributed by atoms with van der Waals surface area (Å²) >= 11 is 0. The number of ether oxygens (including phenoxy) is 1. The summed E-state index contributed by atoms with van der Waals surface area (Å²) in [5, 5.41) is 13.9. The minimum Gasteiger partial charge on any atom is -0.494 e. The third kappa shape index (κ3) is 3.41. The van der Waals surface area contributed by atoms with Crippen molar-refractivity contribution in [2.24, 2.45) is 35.5 Å². The molecule has 3 amide bonds. The lowest BCUT2D eigenvalue weighted by atomic mass is 9.63. The Hall–Kier alpha value is -4.01. The number of methoxy groups -OCH3 is 1. The van der Waals surface area contributed by atoms with E-state index in [-0.39, 0.29) is 47.2 Å². The number of likely N-dealkylation sites (tertiary alicyclic amines) is 1. The van der Waals surface area contributed by atoms with Crippen LogP contribution in [-0.2, 0) is 20.8 Å². The predicted octanol–water partition coefficient (Wildman–Crippen LogP) is 3.21. The van der Waals surface area contributed by atoms with Crippen LogP contribution in [-0.4, -0.2) is 40.7 Å². The van der Waals surface area contributed by atoms with E-state index in [9.17, 15) is 24.5 Å². The van der Waals surface area contributed by atoms with E-state index in [2.05, 4.69) is 17.5 Å². The van der Waals surface area contributed by atoms with E-state index in [1.807, 2.05) is 30.3 Å². The lowest BCUT2D eigenvalue weighted by Crippen LogP contribution is -2.49. The number of nitro benzene ring substituents is 1. The number of nitrogens with one attached hydrogen (secondary N) is 1. The van der Waals surface area contributed by atoms with Gasteiger partial charge in [-0.05, 0) is 41.7 Å². The molecule has 9 nitrogen and oxygen atoms in total. The highest BCUT2D eigenvalue weighted by Crippen LogP contribution is 2.65. The Morgan fingerprint density at radius 3 is 2.31 bits per heavy atom. The first-order valence-corrected chi connectivity index (χ1v) is 12.1. The quantitative estimate of drug-likeness (QED) is 0.277. The molecule has 3 fully saturated rings. The molecule has 5 aliphatic rings. The molecule has 0 spiro atoms. The lowest BCUT2D eigenvalue weighted by molar-refractivity contribution is -0.384. The zero-order valence-corrected chi connectivity index (χ0v) is 19.6. The average molecular weight is 488 g/mol. The Balaban J connectivity index is 1.33. The van der Waals surface area contributed by atoms with Gasteiger partial charge in [0.25, 0.3) is 5.69 Å². The van der Waals surface area contributed by atoms with Gasteiger partial charge in [-0.25, -0.2) is 0 Å². The number of hydrogen-bond donors (Lipinski definition) is 1. The summed E-state index contributed by atoms with van der Waals surface area (Å²) in [6.45, 7) is 0. The molecule has 2 aromatic carbocycles. The van der Waals surface area contributed by atoms with Gasteiger partial charge >= 0.3 is 0 Å². The van der Waals surface area contributed by atoms with Crippen LogP contribution < -0.4 is 10.1 Å². The molecule has 7 rings (SSSR count). The molecule has 0 radical (unpaired) electrons. The lowest BCUT2D eigenvalue weighted by Gasteiger charge is -2.37. The SMILES string of the molecule is COc1cc([N+](=O)[O-])ccc1NC(=O)[C@H](Cc1ccccc1)N1C(=O)[C@@H]2[C@@H]3C=C[C@H]([C@H]4C[C@H]34)[C@@H]2C1=O. The molecular formula is C27H25N3O6. The smallest absolute Gasteiger partial charge is 0.273 e. The van der Waals surface area contributed by atoms with Gasteiger partial charge in [0.15, 0.2) is 0 Å². The molecule has 2 bridgehead atoms. The van der Waals surface area contributed by atoms with Crippen molar-refractivity contribution < 1.29 is 24.0 Å². The van der Waals surface area contributed by atoms with E-state index in [0.29, 0.717) is 11.8 Å². The number of carbonyl (C=O) groups excluding carboxylic acids is 3. The number of carbonyl (C=O) groups is 3. The first-order chi connectivity index (χ1) is 17.4. The summed E-state index contributed by atoms with van der Waals surface area (Å²) in [6.07, 6.45) is 5.42. The van der Waals surface area contributed by atoms with Crippen LogP contribution in [0.2, 0.25) is 0 Å². The van der Waals surface area contributed by atoms with Crippen molar-refractivity contribution in [1.29, 1.82) is 0 Å². The highest BCUT2D eigenvalue weighted by atomic mass is 16.6. The van der Waals surface area contributed by atoms with Crippen molar-refractivity contribution in [3.05, 3.63) is 76.4 Å². The molecule has 184 valence electrons. The standard InChI is InChI=1S/C27H25N3O6/c1-36-22-12-15(30(34)35)7-10-20(22)28-25(31)21(11-14-5-3-2-4-6-14)29-26(32)23-16-8-9-17(19-13-18(16)19)24(23)27(29)33/h2-10,12,16-19,21,23-24H,11,13H2,1H3,(H,28,31)/t16-,17-,18-,19-,21+,23-,24+/m1/s1. The molecule has 9 heteroatoms. The van der Waals surface area contributed by atoms with Crippen molar-refractivity contribution >= 4 is 29.1 Å². The second kappa shape index (κ2) is 8.29. The molecule has 36 heavy (non-hydrogen) atoms. The number of amides is 3. The maximum atomic E-state index is 13.7. The summed E-state index contributed by atoms with van der Waals surface area (Å²) in [6, 6.07) is 12.1. The normalized spacial score (nSPS) is 30.0. The van der Waals surface area contributed by atoms with Gasteiger partial charge in [-0.1, -0.05) is 42.5 Å². The Labute approximate surface area is 207 Å². The fourth-order valence-corrected chi connectivity index (χ4v) is 6.54. The first kappa shape index (κ1) is 22.5. The molecular weight excluding hydrogens is 462 g/mol. The number of nitro groups is 1. The highest BCUT2D eigenvalue weighted by Gasteiger charge is 2.67. The monoisotopic (exact) mass is 487 g/mol. The van der Waals surface area contributed by atoms with Gasteiger partial charge in [-0.3, -0.25) is 29.4 Å². The largest absolute Gasteiger partial charge is 0.494 e. The van der Waals surface area contributed by atoms with Crippen LogP contribution in [0.25, 0.3) is 0 Å². The van der Waals surface area contributed by atoms with Gasteiger partial charge in [0.2, 0.25) is 17.7 Å². The van der Waals surface area contributed by atoms with E-state index < -0.39 is 28.7 Å². The number of hydrogen-bond acceptors (Lipinski definition) is 6. The van der Waals surface area contributed by atoms with Gasteiger partial charge in [-0.15, -0.1) is 0 Å². The summed E-state index contributed by atoms with van der Waals surface area (Å²) in [4.78, 5) is 52.9. The molecule has 0 unspecified atom stereocenters. The van der Waals surface area contributed by atoms with Crippen molar-refractivity contribution in [2.45, 2.75) is 18.9 Å². The maximum Gasteiger partial charge on any atom is 0.273 e. The predicted molar refractivity (Wildman–Crippen MR) is 129 cm³/mol. The van der Waals surface area contributed by atoms with E-state index in [4.69, 9.17) is 4.74 Å². The van der Waals surface area contributed by atoms with Gasteiger partial charge in [0.1, 0.15) is 11.8 Å². The molecule has 1 heterocycles. The molecule has 1 aliphatic heterocycles. The van der Waals surface area contributed by atoms with E-state index in [0.717, 1.165) is 12.0 Å². The second-order valence-electron chi connectivity index (χ2n) is 10.0. The Kier molecular flexibility index (Phi) is 5.17. The fraction of sp³-hybridized carbons (Fsp3) is 0.370. The number of imide groups is 1. The number of anilines is 1. The summed E-state index contributed by atoms with van der Waals surface area (Å²) in [5.74, 6) is -0.756. The van der Waals surface area contributed by atoms with Crippen LogP contribution >= 0.6 is 0 Å². The number of non-ortho nitro benzene ring substituents is 1. The Bertz CT molecular complexity index is 1270. The first-order valence-electron chi connectivity index (χ1n) is 12.1. The van der Waals surface area contributed by atoms with Crippen LogP contribution in [0.3, 0.4) is 0 Å². The molecule has 1 N–H and O–H groups in total. The van der Waals surface area contributed by atoms with Crippen LogP contribution in [0.4, 0.5) is 11.4 Å². The minimum atomic E-state index is -1.06. The van der Waals surface area contributed by atoms with Crippen molar-refractivity contribution in [2.75, 3.05) is 12.4 Å². The van der Waals surface area contributed by atoms with E-state index >= 15 is 0 Å². The van der Waals surface area contributed by atoms with Gasteiger partial charge < -0.3 is 10.1 Å². The number of benzene rings is 2. The third-order valence-corrected chi connectivity index (χ3v) is 8.24. The number of rotatable bonds is 7. The van der Waals surface area contributed by atoms with Gasteiger partial charge in [0, 0.05) is 12.5 Å². The Morgan fingerprint density at radius 1 is 1.08 bits per heavy atom. The Morgan fingerprint density at radius 2 is 1.72 bits per heavy atom. The van der Waals surface area contributed by atoms with Crippen molar-refractivity contribution in [3.63, 3.8) is 0 Å². The third-order valence-electron chi connectivity index (χ3n) is 8.24. The number of allylic oxidation sites excluding steroid dienone is 2. The maximum absolute atomic E-state index is 13.7. The minimum absolute atomic E-state index is 0.0571. The number of nitrogens with zero attached hydrogens (tertiary/aromatic N) is 2. The second-order valence-corrected chi connectivity index (χ2v) is 10.0. The van der Waals surface area contributed by atoms with E-state index in [1.54, 1.807) is 0 Å². The summed E-state index contributed by atoms with van der Waals surface area (Å²) in [7, 11) is 1.35. The highest BCUT2D eigenvalue weighted by molar-refractivity contribution is 6.11. The molecule has 2 saturated carbocycles.